The Morgan fingerprint density at radius 2 is 2.00 bits per heavy atom. The van der Waals surface area contributed by atoms with E-state index in [1.807, 2.05) is 18.7 Å². The summed E-state index contributed by atoms with van der Waals surface area (Å²) in [4.78, 5) is 1.91. The lowest BCUT2D eigenvalue weighted by Crippen LogP contribution is -2.56. The summed E-state index contributed by atoms with van der Waals surface area (Å²) in [5, 5.41) is 3.41. The van der Waals surface area contributed by atoms with E-state index in [9.17, 15) is 13.2 Å². The molecule has 21 heavy (non-hydrogen) atoms. The highest BCUT2D eigenvalue weighted by molar-refractivity contribution is 9.10. The van der Waals surface area contributed by atoms with Gasteiger partial charge in [0.15, 0.2) is 0 Å². The number of piperazine rings is 1. The summed E-state index contributed by atoms with van der Waals surface area (Å²) in [7, 11) is 0. The molecule has 1 saturated heterocycles. The molecule has 2 nitrogen and oxygen atoms in total. The Hall–Kier alpha value is -0.750. The number of alkyl halides is 3. The number of benzene rings is 1. The number of rotatable bonds is 3. The van der Waals surface area contributed by atoms with Gasteiger partial charge in [0.25, 0.3) is 0 Å². The van der Waals surface area contributed by atoms with Gasteiger partial charge in [-0.15, -0.1) is 0 Å². The van der Waals surface area contributed by atoms with Gasteiger partial charge in [-0.2, -0.15) is 13.2 Å². The predicted molar refractivity (Wildman–Crippen MR) is 82.7 cm³/mol. The molecule has 1 fully saturated rings. The van der Waals surface area contributed by atoms with Crippen LogP contribution in [-0.4, -0.2) is 25.2 Å². The quantitative estimate of drug-likeness (QED) is 0.852. The molecule has 2 rings (SSSR count). The maximum absolute atomic E-state index is 13.3. The van der Waals surface area contributed by atoms with Crippen LogP contribution in [0, 0.1) is 0 Å². The lowest BCUT2D eigenvalue weighted by molar-refractivity contribution is -0.137. The summed E-state index contributed by atoms with van der Waals surface area (Å²) in [5.41, 5.74) is -0.274. The normalized spacial score (nSPS) is 23.4. The summed E-state index contributed by atoms with van der Waals surface area (Å²) in [6.07, 6.45) is -2.61. The Kier molecular flexibility index (Phi) is 5.20. The highest BCUT2D eigenvalue weighted by Gasteiger charge is 2.37. The van der Waals surface area contributed by atoms with E-state index in [2.05, 4.69) is 21.2 Å². The van der Waals surface area contributed by atoms with Crippen LogP contribution in [0.15, 0.2) is 22.7 Å². The molecule has 1 heterocycles. The summed E-state index contributed by atoms with van der Waals surface area (Å²) in [6.45, 7) is 5.39. The van der Waals surface area contributed by atoms with Crippen LogP contribution in [0.25, 0.3) is 0 Å². The van der Waals surface area contributed by atoms with E-state index in [0.29, 0.717) is 11.0 Å². The third-order valence-corrected chi connectivity index (χ3v) is 4.53. The van der Waals surface area contributed by atoms with Crippen LogP contribution in [0.2, 0.25) is 0 Å². The smallest absolute Gasteiger partial charge is 0.365 e. The zero-order chi connectivity index (χ0) is 15.6. The number of nitrogens with one attached hydrogen (secondary N) is 1. The zero-order valence-corrected chi connectivity index (χ0v) is 13.8. The molecule has 118 valence electrons. The highest BCUT2D eigenvalue weighted by Crippen LogP contribution is 2.39. The van der Waals surface area contributed by atoms with Gasteiger partial charge in [0, 0.05) is 29.6 Å². The highest BCUT2D eigenvalue weighted by atomic mass is 79.9. The van der Waals surface area contributed by atoms with E-state index < -0.39 is 11.7 Å². The van der Waals surface area contributed by atoms with Crippen molar-refractivity contribution in [3.05, 3.63) is 28.2 Å². The van der Waals surface area contributed by atoms with E-state index in [1.165, 1.54) is 6.07 Å². The topological polar surface area (TPSA) is 15.3 Å². The van der Waals surface area contributed by atoms with Crippen LogP contribution in [0.3, 0.4) is 0 Å². The third-order valence-electron chi connectivity index (χ3n) is 4.04. The van der Waals surface area contributed by atoms with E-state index in [4.69, 9.17) is 0 Å². The first-order valence-electron chi connectivity index (χ1n) is 7.23. The molecule has 0 spiro atoms. The van der Waals surface area contributed by atoms with Gasteiger partial charge in [-0.3, -0.25) is 0 Å². The Labute approximate surface area is 131 Å². The Morgan fingerprint density at radius 1 is 1.29 bits per heavy atom. The van der Waals surface area contributed by atoms with Crippen molar-refractivity contribution in [3.63, 3.8) is 0 Å². The molecule has 2 unspecified atom stereocenters. The molecule has 1 aromatic rings. The number of hydrogen-bond acceptors (Lipinski definition) is 2. The molecular formula is C15H20BrF3N2. The molecule has 1 aliphatic rings. The average molecular weight is 365 g/mol. The molecule has 0 amide bonds. The summed E-state index contributed by atoms with van der Waals surface area (Å²) in [6, 6.07) is 4.52. The van der Waals surface area contributed by atoms with Crippen molar-refractivity contribution in [2.24, 2.45) is 0 Å². The molecule has 1 aliphatic heterocycles. The summed E-state index contributed by atoms with van der Waals surface area (Å²) < 4.78 is 40.5. The molecular weight excluding hydrogens is 345 g/mol. The standard InChI is InChI=1S/C15H20BrF3N2/c1-3-11-9-21(12(4-2)8-20-11)14-7-10(16)5-6-13(14)15(17,18)19/h5-7,11-12,20H,3-4,8-9H2,1-2H3. The fourth-order valence-electron chi connectivity index (χ4n) is 2.78. The molecule has 1 N–H and O–H groups in total. The Bertz CT molecular complexity index is 490. The van der Waals surface area contributed by atoms with Crippen LogP contribution in [0.1, 0.15) is 32.3 Å². The number of halogens is 4. The molecule has 0 radical (unpaired) electrons. The lowest BCUT2D eigenvalue weighted by atomic mass is 10.0. The van der Waals surface area contributed by atoms with Crippen LogP contribution < -0.4 is 10.2 Å². The van der Waals surface area contributed by atoms with E-state index >= 15 is 0 Å². The fourth-order valence-corrected chi connectivity index (χ4v) is 3.13. The van der Waals surface area contributed by atoms with Gasteiger partial charge in [0.2, 0.25) is 0 Å². The van der Waals surface area contributed by atoms with Gasteiger partial charge in [-0.1, -0.05) is 29.8 Å². The number of hydrogen-bond donors (Lipinski definition) is 1. The van der Waals surface area contributed by atoms with Crippen molar-refractivity contribution in [1.82, 2.24) is 5.32 Å². The molecule has 0 bridgehead atoms. The predicted octanol–water partition coefficient (Wildman–Crippen LogP) is 4.43. The maximum atomic E-state index is 13.3. The van der Waals surface area contributed by atoms with Crippen LogP contribution >= 0.6 is 15.9 Å². The van der Waals surface area contributed by atoms with Crippen molar-refractivity contribution in [2.45, 2.75) is 44.9 Å². The molecule has 0 aromatic heterocycles. The lowest BCUT2D eigenvalue weighted by Gasteiger charge is -2.42. The van der Waals surface area contributed by atoms with Gasteiger partial charge in [0.05, 0.1) is 11.3 Å². The summed E-state index contributed by atoms with van der Waals surface area (Å²) in [5.74, 6) is 0. The zero-order valence-electron chi connectivity index (χ0n) is 12.2. The van der Waals surface area contributed by atoms with Crippen molar-refractivity contribution in [1.29, 1.82) is 0 Å². The average Bonchev–Trinajstić information content (AvgIpc) is 2.45. The third kappa shape index (κ3) is 3.72. The monoisotopic (exact) mass is 364 g/mol. The first kappa shape index (κ1) is 16.6. The second kappa shape index (κ2) is 6.57. The molecule has 0 aliphatic carbocycles. The Balaban J connectivity index is 2.44. The first-order valence-corrected chi connectivity index (χ1v) is 8.02. The van der Waals surface area contributed by atoms with Crippen molar-refractivity contribution >= 4 is 21.6 Å². The Morgan fingerprint density at radius 3 is 2.57 bits per heavy atom. The number of anilines is 1. The molecule has 0 saturated carbocycles. The van der Waals surface area contributed by atoms with Crippen molar-refractivity contribution in [2.75, 3.05) is 18.0 Å². The van der Waals surface area contributed by atoms with Gasteiger partial charge in [-0.05, 0) is 31.0 Å². The minimum absolute atomic E-state index is 0.0863. The SMILES string of the molecule is CCC1CN(c2cc(Br)ccc2C(F)(F)F)C(CC)CN1. The van der Waals surface area contributed by atoms with Crippen molar-refractivity contribution < 1.29 is 13.2 Å². The minimum atomic E-state index is -4.33. The van der Waals surface area contributed by atoms with Gasteiger partial charge >= 0.3 is 6.18 Å². The summed E-state index contributed by atoms with van der Waals surface area (Å²) >= 11 is 3.29. The van der Waals surface area contributed by atoms with E-state index in [1.54, 1.807) is 6.07 Å². The second-order valence-corrected chi connectivity index (χ2v) is 6.30. The van der Waals surface area contributed by atoms with Crippen LogP contribution in [0.5, 0.6) is 0 Å². The maximum Gasteiger partial charge on any atom is 0.418 e. The number of nitrogens with zero attached hydrogens (tertiary/aromatic N) is 1. The minimum Gasteiger partial charge on any atom is -0.365 e. The van der Waals surface area contributed by atoms with E-state index in [-0.39, 0.29) is 17.8 Å². The van der Waals surface area contributed by atoms with E-state index in [0.717, 1.165) is 25.5 Å². The van der Waals surface area contributed by atoms with Gasteiger partial charge in [0.1, 0.15) is 0 Å². The van der Waals surface area contributed by atoms with Gasteiger partial charge in [-0.25, -0.2) is 0 Å². The van der Waals surface area contributed by atoms with Crippen LogP contribution in [0.4, 0.5) is 18.9 Å². The molecule has 6 heteroatoms. The van der Waals surface area contributed by atoms with Gasteiger partial charge < -0.3 is 10.2 Å². The molecule has 2 atom stereocenters. The largest absolute Gasteiger partial charge is 0.418 e. The molecule has 1 aromatic carbocycles. The first-order chi connectivity index (χ1) is 9.86. The van der Waals surface area contributed by atoms with Crippen LogP contribution in [-0.2, 0) is 6.18 Å². The van der Waals surface area contributed by atoms with Crippen molar-refractivity contribution in [3.8, 4) is 0 Å². The second-order valence-electron chi connectivity index (χ2n) is 5.39. The fraction of sp³-hybridized carbons (Fsp3) is 0.600.